The van der Waals surface area contributed by atoms with Crippen molar-refractivity contribution in [3.63, 3.8) is 0 Å². The molecule has 0 rings (SSSR count). The number of hydrogen-bond acceptors (Lipinski definition) is 6. The zero-order valence-corrected chi connectivity index (χ0v) is 14.5. The third kappa shape index (κ3) is 93.7. The highest BCUT2D eigenvalue weighted by atomic mass is 28.4. The van der Waals surface area contributed by atoms with Gasteiger partial charge in [0.2, 0.25) is 0 Å². The molecule has 0 aromatic rings. The fourth-order valence-corrected chi connectivity index (χ4v) is 2.60. The van der Waals surface area contributed by atoms with Crippen LogP contribution in [-0.2, 0) is 0 Å². The van der Waals surface area contributed by atoms with Crippen molar-refractivity contribution in [1.29, 1.82) is 0 Å². The van der Waals surface area contributed by atoms with Crippen molar-refractivity contribution in [3.8, 4) is 0 Å². The molecule has 6 N–H and O–H groups in total. The number of rotatable bonds is 3. The maximum Gasteiger partial charge on any atom is 0.668 e. The summed E-state index contributed by atoms with van der Waals surface area (Å²) >= 11 is -0.171. The van der Waals surface area contributed by atoms with Gasteiger partial charge in [0, 0.05) is 13.2 Å². The van der Waals surface area contributed by atoms with Crippen LogP contribution in [0, 0.1) is 0 Å². The SMILES string of the molecule is CCO.CCO.C[CH2][Al]([CH2]C)[CH2]C.O[Si](O)(O)O. The lowest BCUT2D eigenvalue weighted by molar-refractivity contribution is 0.117. The molecular formula is C10H31AlO6Si. The Bertz CT molecular complexity index is 106. The highest BCUT2D eigenvalue weighted by molar-refractivity contribution is 6.58. The molecule has 114 valence electrons. The molecule has 0 spiro atoms. The van der Waals surface area contributed by atoms with E-state index in [4.69, 9.17) is 29.4 Å². The van der Waals surface area contributed by atoms with E-state index in [0.717, 1.165) is 0 Å². The van der Waals surface area contributed by atoms with Crippen molar-refractivity contribution in [3.05, 3.63) is 0 Å². The van der Waals surface area contributed by atoms with Gasteiger partial charge in [-0.3, -0.25) is 0 Å². The molecule has 0 aliphatic rings. The van der Waals surface area contributed by atoms with Gasteiger partial charge >= 0.3 is 9.05 Å². The summed E-state index contributed by atoms with van der Waals surface area (Å²) in [4.78, 5) is 29.3. The molecule has 0 aliphatic carbocycles. The summed E-state index contributed by atoms with van der Waals surface area (Å²) in [7, 11) is -4.61. The average Bonchev–Trinajstić information content (AvgIpc) is 2.20. The van der Waals surface area contributed by atoms with Crippen LogP contribution < -0.4 is 0 Å². The molecule has 0 saturated heterocycles. The van der Waals surface area contributed by atoms with Crippen molar-refractivity contribution >= 4 is 23.2 Å². The van der Waals surface area contributed by atoms with Gasteiger partial charge in [0.25, 0.3) is 14.1 Å². The molecule has 0 aromatic heterocycles. The zero-order valence-electron chi connectivity index (χ0n) is 12.3. The summed E-state index contributed by atoms with van der Waals surface area (Å²) in [5.74, 6) is 0. The van der Waals surface area contributed by atoms with Crippen LogP contribution in [0.25, 0.3) is 0 Å². The minimum absolute atomic E-state index is 0.171. The van der Waals surface area contributed by atoms with Crippen LogP contribution in [-0.4, -0.2) is 65.8 Å². The van der Waals surface area contributed by atoms with Crippen LogP contribution in [0.15, 0.2) is 0 Å². The van der Waals surface area contributed by atoms with E-state index in [0.29, 0.717) is 0 Å². The van der Waals surface area contributed by atoms with Gasteiger partial charge in [0.15, 0.2) is 0 Å². The van der Waals surface area contributed by atoms with Crippen LogP contribution in [0.4, 0.5) is 0 Å². The largest absolute Gasteiger partial charge is 0.668 e. The lowest BCUT2D eigenvalue weighted by Crippen LogP contribution is -2.33. The van der Waals surface area contributed by atoms with Gasteiger partial charge in [-0.1, -0.05) is 36.6 Å². The Hall–Kier alpha value is 0.509. The Kier molecular flexibility index (Phi) is 33.9. The molecule has 0 radical (unpaired) electrons. The predicted molar refractivity (Wildman–Crippen MR) is 77.3 cm³/mol. The van der Waals surface area contributed by atoms with Crippen LogP contribution in [0.5, 0.6) is 0 Å². The number of hydrogen-bond donors (Lipinski definition) is 6. The van der Waals surface area contributed by atoms with Gasteiger partial charge in [-0.05, 0) is 13.8 Å². The van der Waals surface area contributed by atoms with Gasteiger partial charge in [-0.2, -0.15) is 0 Å². The standard InChI is InChI=1S/2C2H6O.3C2H5.Al.H4O4Si/c2*1-2-3;3*1-2;;1-5(2,3)4/h2*3H,2H2,1H3;3*1H2,2H3;;1-4H. The van der Waals surface area contributed by atoms with E-state index in [1.54, 1.807) is 13.8 Å². The third-order valence-corrected chi connectivity index (χ3v) is 5.20. The van der Waals surface area contributed by atoms with E-state index in [1.807, 2.05) is 0 Å². The molecule has 0 bridgehead atoms. The molecule has 0 aromatic carbocycles. The van der Waals surface area contributed by atoms with Crippen molar-refractivity contribution in [2.24, 2.45) is 0 Å². The molecule has 18 heavy (non-hydrogen) atoms. The normalized spacial score (nSPS) is 8.83. The summed E-state index contributed by atoms with van der Waals surface area (Å²) in [6, 6.07) is 0. The number of aliphatic hydroxyl groups excluding tert-OH is 2. The highest BCUT2D eigenvalue weighted by Gasteiger charge is 2.22. The molecule has 0 amide bonds. The quantitative estimate of drug-likeness (QED) is 0.406. The van der Waals surface area contributed by atoms with Gasteiger partial charge in [0.1, 0.15) is 0 Å². The Labute approximate surface area is 116 Å². The fraction of sp³-hybridized carbons (Fsp3) is 1.00. The lowest BCUT2D eigenvalue weighted by Gasteiger charge is -1.97. The van der Waals surface area contributed by atoms with Gasteiger partial charge in [0.05, 0.1) is 0 Å². The Morgan fingerprint density at radius 3 is 0.778 bits per heavy atom. The minimum Gasteiger partial charge on any atom is -0.397 e. The van der Waals surface area contributed by atoms with Gasteiger partial charge < -0.3 is 29.4 Å². The second-order valence-corrected chi connectivity index (χ2v) is 8.70. The van der Waals surface area contributed by atoms with Crippen LogP contribution in [0.1, 0.15) is 34.6 Å². The van der Waals surface area contributed by atoms with Gasteiger partial charge in [-0.25, -0.2) is 0 Å². The molecular weight excluding hydrogens is 271 g/mol. The maximum absolute atomic E-state index is 7.57. The Balaban J connectivity index is -0.0000000784. The first-order chi connectivity index (χ1) is 8.17. The Morgan fingerprint density at radius 1 is 0.667 bits per heavy atom. The van der Waals surface area contributed by atoms with Crippen LogP contribution >= 0.6 is 0 Å². The minimum atomic E-state index is -4.61. The van der Waals surface area contributed by atoms with Crippen molar-refractivity contribution in [2.45, 2.75) is 50.5 Å². The van der Waals surface area contributed by atoms with Crippen LogP contribution in [0.3, 0.4) is 0 Å². The first-order valence-electron chi connectivity index (χ1n) is 6.29. The van der Waals surface area contributed by atoms with Crippen molar-refractivity contribution in [1.82, 2.24) is 0 Å². The van der Waals surface area contributed by atoms with Crippen molar-refractivity contribution in [2.75, 3.05) is 13.2 Å². The summed E-state index contributed by atoms with van der Waals surface area (Å²) in [6.45, 7) is 10.8. The van der Waals surface area contributed by atoms with Gasteiger partial charge in [-0.15, -0.1) is 0 Å². The first-order valence-corrected chi connectivity index (χ1v) is 10.5. The average molecular weight is 302 g/mol. The van der Waals surface area contributed by atoms with Crippen molar-refractivity contribution < 1.29 is 29.4 Å². The summed E-state index contributed by atoms with van der Waals surface area (Å²) in [5, 5.41) is 19.6. The second kappa shape index (κ2) is 22.7. The second-order valence-electron chi connectivity index (χ2n) is 3.32. The van der Waals surface area contributed by atoms with E-state index in [1.165, 1.54) is 15.8 Å². The zero-order chi connectivity index (χ0) is 15.6. The topological polar surface area (TPSA) is 121 Å². The summed E-state index contributed by atoms with van der Waals surface area (Å²) < 4.78 is 0. The summed E-state index contributed by atoms with van der Waals surface area (Å²) in [6.07, 6.45) is 0. The molecule has 0 saturated carbocycles. The molecule has 0 atom stereocenters. The first kappa shape index (κ1) is 27.0. The van der Waals surface area contributed by atoms with E-state index in [9.17, 15) is 0 Å². The van der Waals surface area contributed by atoms with Crippen LogP contribution in [0.2, 0.25) is 15.8 Å². The lowest BCUT2D eigenvalue weighted by atomic mass is 10.9. The van der Waals surface area contributed by atoms with E-state index in [2.05, 4.69) is 20.8 Å². The third-order valence-electron chi connectivity index (χ3n) is 1.73. The Morgan fingerprint density at radius 2 is 0.778 bits per heavy atom. The smallest absolute Gasteiger partial charge is 0.397 e. The molecule has 0 aliphatic heterocycles. The molecule has 0 fully saturated rings. The van der Waals surface area contributed by atoms with E-state index >= 15 is 0 Å². The summed E-state index contributed by atoms with van der Waals surface area (Å²) in [5.41, 5.74) is 0. The molecule has 0 unspecified atom stereocenters. The fourth-order valence-electron chi connectivity index (χ4n) is 0.866. The number of aliphatic hydroxyl groups is 2. The predicted octanol–water partition coefficient (Wildman–Crippen LogP) is -0.0707. The maximum atomic E-state index is 7.57. The monoisotopic (exact) mass is 302 g/mol. The molecule has 8 heteroatoms. The molecule has 0 heterocycles. The van der Waals surface area contributed by atoms with E-state index < -0.39 is 9.05 Å². The molecule has 6 nitrogen and oxygen atoms in total. The van der Waals surface area contributed by atoms with E-state index in [-0.39, 0.29) is 27.4 Å². The highest BCUT2D eigenvalue weighted by Crippen LogP contribution is 2.01.